The van der Waals surface area contributed by atoms with Gasteiger partial charge in [-0.25, -0.2) is 0 Å². The predicted octanol–water partition coefficient (Wildman–Crippen LogP) is 3.70. The Kier molecular flexibility index (Phi) is 5.01. The van der Waals surface area contributed by atoms with Crippen LogP contribution in [0.2, 0.25) is 0 Å². The van der Waals surface area contributed by atoms with Crippen LogP contribution in [0.5, 0.6) is 0 Å². The fraction of sp³-hybridized carbons (Fsp3) is 0.190. The van der Waals surface area contributed by atoms with Gasteiger partial charge in [-0.1, -0.05) is 24.3 Å². The van der Waals surface area contributed by atoms with Gasteiger partial charge < -0.3 is 9.47 Å². The molecule has 26 heavy (non-hydrogen) atoms. The molecule has 0 bridgehead atoms. The van der Waals surface area contributed by atoms with Gasteiger partial charge in [0, 0.05) is 34.4 Å². The Balaban J connectivity index is 1.97. The summed E-state index contributed by atoms with van der Waals surface area (Å²) in [5.41, 5.74) is 3.25. The molecular formula is C21H18N4O. The van der Waals surface area contributed by atoms with E-state index in [0.29, 0.717) is 0 Å². The highest BCUT2D eigenvalue weighted by Gasteiger charge is 2.11. The third-order valence-corrected chi connectivity index (χ3v) is 4.37. The lowest BCUT2D eigenvalue weighted by atomic mass is 10.1. The molecule has 128 valence electrons. The highest BCUT2D eigenvalue weighted by molar-refractivity contribution is 6.08. The first-order valence-electron chi connectivity index (χ1n) is 8.41. The van der Waals surface area contributed by atoms with Gasteiger partial charge in [-0.05, 0) is 36.8 Å². The zero-order valence-corrected chi connectivity index (χ0v) is 14.5. The molecule has 0 aliphatic carbocycles. The average Bonchev–Trinajstić information content (AvgIpc) is 2.99. The van der Waals surface area contributed by atoms with Gasteiger partial charge in [-0.15, -0.1) is 0 Å². The number of carbonyl (C=O) groups excluding carboxylic acids is 1. The second-order valence-corrected chi connectivity index (χ2v) is 5.88. The van der Waals surface area contributed by atoms with Gasteiger partial charge in [-0.2, -0.15) is 10.5 Å². The molecule has 0 fully saturated rings. The minimum Gasteiger partial charge on any atom is -0.341 e. The Hall–Kier alpha value is -3.57. The number of hydrogen-bond acceptors (Lipinski definition) is 3. The van der Waals surface area contributed by atoms with Gasteiger partial charge in [0.2, 0.25) is 5.91 Å². The fourth-order valence-corrected chi connectivity index (χ4v) is 3.17. The number of aryl methyl sites for hydroxylation is 1. The van der Waals surface area contributed by atoms with Crippen LogP contribution in [0.4, 0.5) is 0 Å². The van der Waals surface area contributed by atoms with E-state index in [1.807, 2.05) is 30.3 Å². The van der Waals surface area contributed by atoms with E-state index in [0.717, 1.165) is 23.0 Å². The molecule has 1 amide bonds. The second-order valence-electron chi connectivity index (χ2n) is 5.88. The number of amides is 1. The first-order valence-corrected chi connectivity index (χ1v) is 8.41. The Morgan fingerprint density at radius 2 is 1.77 bits per heavy atom. The molecular weight excluding hydrogens is 324 g/mol. The smallest absolute Gasteiger partial charge is 0.248 e. The predicted molar refractivity (Wildman–Crippen MR) is 102 cm³/mol. The molecule has 1 heterocycles. The molecule has 0 unspecified atom stereocenters. The van der Waals surface area contributed by atoms with Crippen molar-refractivity contribution in [1.82, 2.24) is 9.47 Å². The van der Waals surface area contributed by atoms with E-state index in [1.165, 1.54) is 21.9 Å². The average molecular weight is 342 g/mol. The lowest BCUT2D eigenvalue weighted by molar-refractivity contribution is -0.124. The van der Waals surface area contributed by atoms with Gasteiger partial charge in [0.05, 0.1) is 12.1 Å². The monoisotopic (exact) mass is 342 g/mol. The summed E-state index contributed by atoms with van der Waals surface area (Å²) in [5, 5.41) is 19.8. The molecule has 5 nitrogen and oxygen atoms in total. The molecule has 3 aromatic rings. The van der Waals surface area contributed by atoms with Crippen molar-refractivity contribution < 1.29 is 4.79 Å². The fourth-order valence-electron chi connectivity index (χ4n) is 3.17. The first kappa shape index (κ1) is 17.3. The maximum Gasteiger partial charge on any atom is 0.248 e. The number of hydrogen-bond donors (Lipinski definition) is 0. The second kappa shape index (κ2) is 7.55. The van der Waals surface area contributed by atoms with Crippen LogP contribution in [0.25, 0.3) is 27.9 Å². The number of fused-ring (bicyclic) bond motifs is 3. The molecule has 0 aliphatic heterocycles. The number of aromatic nitrogens is 1. The highest BCUT2D eigenvalue weighted by atomic mass is 16.2. The highest BCUT2D eigenvalue weighted by Crippen LogP contribution is 2.29. The van der Waals surface area contributed by atoms with Crippen LogP contribution in [-0.2, 0) is 11.3 Å². The standard InChI is InChI=1S/C21H18N4O/c1-2-25-19-6-4-3-5-17(19)18-15-16(7-9-20(18)25)8-10-21(26)24(13-11-22)14-12-23/h3-10,15H,2,13-14H2,1H3/b10-8+. The van der Waals surface area contributed by atoms with Crippen LogP contribution in [-0.4, -0.2) is 28.5 Å². The van der Waals surface area contributed by atoms with Crippen molar-refractivity contribution >= 4 is 33.8 Å². The van der Waals surface area contributed by atoms with Crippen molar-refractivity contribution in [2.75, 3.05) is 13.1 Å². The quantitative estimate of drug-likeness (QED) is 0.524. The number of nitriles is 2. The van der Waals surface area contributed by atoms with Crippen molar-refractivity contribution in [3.8, 4) is 12.1 Å². The lowest BCUT2D eigenvalue weighted by Crippen LogP contribution is -2.30. The van der Waals surface area contributed by atoms with Crippen molar-refractivity contribution in [3.63, 3.8) is 0 Å². The van der Waals surface area contributed by atoms with Gasteiger partial charge in [-0.3, -0.25) is 4.79 Å². The van der Waals surface area contributed by atoms with Gasteiger partial charge in [0.1, 0.15) is 13.1 Å². The van der Waals surface area contributed by atoms with Crippen molar-refractivity contribution in [3.05, 3.63) is 54.1 Å². The van der Waals surface area contributed by atoms with Gasteiger partial charge in [0.15, 0.2) is 0 Å². The van der Waals surface area contributed by atoms with E-state index in [-0.39, 0.29) is 19.0 Å². The van der Waals surface area contributed by atoms with Crippen molar-refractivity contribution in [2.45, 2.75) is 13.5 Å². The van der Waals surface area contributed by atoms with E-state index in [9.17, 15) is 4.79 Å². The summed E-state index contributed by atoms with van der Waals surface area (Å²) in [6.07, 6.45) is 3.14. The summed E-state index contributed by atoms with van der Waals surface area (Å²) in [6, 6.07) is 18.2. The topological polar surface area (TPSA) is 72.8 Å². The summed E-state index contributed by atoms with van der Waals surface area (Å²) in [6.45, 7) is 2.81. The summed E-state index contributed by atoms with van der Waals surface area (Å²) in [5.74, 6) is -0.343. The maximum atomic E-state index is 12.2. The molecule has 0 radical (unpaired) electrons. The Morgan fingerprint density at radius 3 is 2.46 bits per heavy atom. The minimum atomic E-state index is -0.343. The number of nitrogens with zero attached hydrogens (tertiary/aromatic N) is 4. The normalized spacial score (nSPS) is 10.9. The SMILES string of the molecule is CCn1c2ccccc2c2cc(/C=C/C(=O)N(CC#N)CC#N)ccc21. The molecule has 0 spiro atoms. The molecule has 1 aromatic heterocycles. The summed E-state index contributed by atoms with van der Waals surface area (Å²) in [7, 11) is 0. The van der Waals surface area contributed by atoms with E-state index >= 15 is 0 Å². The lowest BCUT2D eigenvalue weighted by Gasteiger charge is -2.12. The number of benzene rings is 2. The molecule has 5 heteroatoms. The summed E-state index contributed by atoms with van der Waals surface area (Å²) in [4.78, 5) is 13.4. The Labute approximate surface area is 152 Å². The number of para-hydroxylation sites is 1. The van der Waals surface area contributed by atoms with Crippen molar-refractivity contribution in [1.29, 1.82) is 10.5 Å². The third-order valence-electron chi connectivity index (χ3n) is 4.37. The van der Waals surface area contributed by atoms with Gasteiger partial charge >= 0.3 is 0 Å². The summed E-state index contributed by atoms with van der Waals surface area (Å²) >= 11 is 0. The third kappa shape index (κ3) is 3.16. The molecule has 2 aromatic carbocycles. The molecule has 0 atom stereocenters. The van der Waals surface area contributed by atoms with Gasteiger partial charge in [0.25, 0.3) is 0 Å². The van der Waals surface area contributed by atoms with Crippen LogP contribution in [0, 0.1) is 22.7 Å². The van der Waals surface area contributed by atoms with E-state index in [2.05, 4.69) is 35.8 Å². The van der Waals surface area contributed by atoms with Crippen LogP contribution in [0.15, 0.2) is 48.5 Å². The zero-order chi connectivity index (χ0) is 18.5. The van der Waals surface area contributed by atoms with Crippen LogP contribution in [0.1, 0.15) is 12.5 Å². The zero-order valence-electron chi connectivity index (χ0n) is 14.5. The molecule has 0 saturated carbocycles. The maximum absolute atomic E-state index is 12.2. The van der Waals surface area contributed by atoms with E-state index < -0.39 is 0 Å². The van der Waals surface area contributed by atoms with E-state index in [1.54, 1.807) is 6.08 Å². The summed E-state index contributed by atoms with van der Waals surface area (Å²) < 4.78 is 2.27. The van der Waals surface area contributed by atoms with Crippen LogP contribution in [0.3, 0.4) is 0 Å². The molecule has 0 aliphatic rings. The minimum absolute atomic E-state index is 0.0975. The largest absolute Gasteiger partial charge is 0.341 e. The molecule has 3 rings (SSSR count). The van der Waals surface area contributed by atoms with E-state index in [4.69, 9.17) is 10.5 Å². The Morgan fingerprint density at radius 1 is 1.08 bits per heavy atom. The Bertz CT molecular complexity index is 1060. The van der Waals surface area contributed by atoms with Crippen LogP contribution >= 0.6 is 0 Å². The van der Waals surface area contributed by atoms with Crippen LogP contribution < -0.4 is 0 Å². The number of rotatable bonds is 5. The molecule has 0 saturated heterocycles. The first-order chi connectivity index (χ1) is 12.7. The molecule has 0 N–H and O–H groups in total. The van der Waals surface area contributed by atoms with Crippen molar-refractivity contribution in [2.24, 2.45) is 0 Å². The number of carbonyl (C=O) groups is 1.